The standard InChI is InChI=1S/C22H26N5O4P.H2S/c1-32(30,31)17-10-8-16(9-11-17)19(15-6-3-2-4-7-15)25-20(28)18-14-23-22(26-21(18)29)27-13-5-12-24-27;/h5,8-15,19H,2-4,6-7H2,1H3,(H,25,28)(H,30,31)(H,23,26,29);1H2/t19-;/m0./s1. The van der Waals surface area contributed by atoms with E-state index in [9.17, 15) is 19.0 Å². The topological polar surface area (TPSA) is 130 Å². The van der Waals surface area contributed by atoms with Crippen LogP contribution in [0.25, 0.3) is 5.95 Å². The van der Waals surface area contributed by atoms with Crippen molar-refractivity contribution < 1.29 is 14.3 Å². The van der Waals surface area contributed by atoms with Gasteiger partial charge in [-0.3, -0.25) is 19.1 Å². The Bertz CT molecular complexity index is 1180. The molecule has 33 heavy (non-hydrogen) atoms. The van der Waals surface area contributed by atoms with Crippen LogP contribution in [0.4, 0.5) is 0 Å². The Morgan fingerprint density at radius 3 is 2.52 bits per heavy atom. The second-order valence-electron chi connectivity index (χ2n) is 8.22. The van der Waals surface area contributed by atoms with Gasteiger partial charge in [-0.05, 0) is 42.5 Å². The van der Waals surface area contributed by atoms with Crippen molar-refractivity contribution in [1.29, 1.82) is 0 Å². The molecule has 0 bridgehead atoms. The number of carbonyl (C=O) groups excluding carboxylic acids is 1. The fourth-order valence-electron chi connectivity index (χ4n) is 4.18. The molecule has 1 unspecified atom stereocenters. The summed E-state index contributed by atoms with van der Waals surface area (Å²) in [6.45, 7) is 1.30. The van der Waals surface area contributed by atoms with Gasteiger partial charge in [-0.25, -0.2) is 9.67 Å². The predicted octanol–water partition coefficient (Wildman–Crippen LogP) is 2.65. The number of rotatable bonds is 6. The molecule has 1 saturated carbocycles. The first kappa shape index (κ1) is 25.0. The number of carbonyl (C=O) groups is 1. The van der Waals surface area contributed by atoms with E-state index in [0.29, 0.717) is 5.30 Å². The summed E-state index contributed by atoms with van der Waals surface area (Å²) < 4.78 is 13.4. The number of benzene rings is 1. The molecule has 0 radical (unpaired) electrons. The minimum absolute atomic E-state index is 0. The van der Waals surface area contributed by atoms with Gasteiger partial charge in [0.05, 0.1) is 6.04 Å². The first-order valence-electron chi connectivity index (χ1n) is 10.6. The zero-order chi connectivity index (χ0) is 22.7. The van der Waals surface area contributed by atoms with E-state index in [0.717, 1.165) is 37.7 Å². The molecule has 2 atom stereocenters. The molecule has 0 aliphatic heterocycles. The van der Waals surface area contributed by atoms with Crippen molar-refractivity contribution in [3.63, 3.8) is 0 Å². The van der Waals surface area contributed by atoms with Gasteiger partial charge in [0, 0.05) is 30.6 Å². The Kier molecular flexibility index (Phi) is 7.94. The van der Waals surface area contributed by atoms with Crippen molar-refractivity contribution in [2.75, 3.05) is 6.66 Å². The van der Waals surface area contributed by atoms with Gasteiger partial charge in [0.15, 0.2) is 0 Å². The van der Waals surface area contributed by atoms with E-state index in [1.165, 1.54) is 17.5 Å². The number of nitrogens with zero attached hydrogens (tertiary/aromatic N) is 3. The molecule has 4 rings (SSSR count). The summed E-state index contributed by atoms with van der Waals surface area (Å²) in [7, 11) is -3.36. The van der Waals surface area contributed by atoms with Gasteiger partial charge >= 0.3 is 0 Å². The average molecular weight is 490 g/mol. The second-order valence-corrected chi connectivity index (χ2v) is 10.5. The van der Waals surface area contributed by atoms with Crippen LogP contribution in [0.3, 0.4) is 0 Å². The van der Waals surface area contributed by atoms with Crippen molar-refractivity contribution in [2.24, 2.45) is 5.92 Å². The van der Waals surface area contributed by atoms with Gasteiger partial charge < -0.3 is 10.2 Å². The highest BCUT2D eigenvalue weighted by Crippen LogP contribution is 2.37. The van der Waals surface area contributed by atoms with Crippen molar-refractivity contribution in [1.82, 2.24) is 25.1 Å². The molecule has 3 aromatic rings. The lowest BCUT2D eigenvalue weighted by Gasteiger charge is -2.31. The molecule has 11 heteroatoms. The number of nitrogens with one attached hydrogen (secondary N) is 2. The third-order valence-corrected chi connectivity index (χ3v) is 7.15. The Morgan fingerprint density at radius 1 is 1.24 bits per heavy atom. The SMILES string of the molecule is CP(=O)(O)c1ccc([C@@H](NC(=O)c2cnc(-n3cccn3)[nH]c2=O)C2CCCCC2)cc1.S. The van der Waals surface area contributed by atoms with E-state index in [4.69, 9.17) is 0 Å². The zero-order valence-electron chi connectivity index (χ0n) is 18.3. The van der Waals surface area contributed by atoms with Crippen LogP contribution in [0.5, 0.6) is 0 Å². The summed E-state index contributed by atoms with van der Waals surface area (Å²) in [5.41, 5.74) is 0.222. The summed E-state index contributed by atoms with van der Waals surface area (Å²) in [5, 5.41) is 7.41. The van der Waals surface area contributed by atoms with Crippen LogP contribution in [0.2, 0.25) is 0 Å². The molecule has 1 amide bonds. The van der Waals surface area contributed by atoms with Gasteiger partial charge in [-0.2, -0.15) is 18.6 Å². The Balaban J connectivity index is 0.00000306. The van der Waals surface area contributed by atoms with Gasteiger partial charge in [0.2, 0.25) is 13.3 Å². The maximum absolute atomic E-state index is 13.0. The number of aromatic amines is 1. The number of H-pyrrole nitrogens is 1. The van der Waals surface area contributed by atoms with Gasteiger partial charge in [0.1, 0.15) is 5.56 Å². The van der Waals surface area contributed by atoms with Crippen LogP contribution in [-0.2, 0) is 4.57 Å². The fraction of sp³-hybridized carbons (Fsp3) is 0.364. The van der Waals surface area contributed by atoms with E-state index in [-0.39, 0.29) is 37.0 Å². The van der Waals surface area contributed by atoms with Crippen LogP contribution >= 0.6 is 20.9 Å². The minimum Gasteiger partial charge on any atom is -0.345 e. The van der Waals surface area contributed by atoms with Crippen molar-refractivity contribution in [2.45, 2.75) is 38.1 Å². The van der Waals surface area contributed by atoms with E-state index < -0.39 is 18.8 Å². The lowest BCUT2D eigenvalue weighted by atomic mass is 9.81. The average Bonchev–Trinajstić information content (AvgIpc) is 3.32. The molecule has 1 aromatic carbocycles. The molecule has 2 aromatic heterocycles. The Hall–Kier alpha value is -2.68. The normalized spacial score (nSPS) is 16.9. The van der Waals surface area contributed by atoms with E-state index >= 15 is 0 Å². The van der Waals surface area contributed by atoms with Crippen molar-refractivity contribution >= 4 is 32.1 Å². The zero-order valence-corrected chi connectivity index (χ0v) is 20.2. The third kappa shape index (κ3) is 5.82. The molecule has 2 heterocycles. The lowest BCUT2D eigenvalue weighted by Crippen LogP contribution is -2.37. The Morgan fingerprint density at radius 2 is 1.94 bits per heavy atom. The number of aromatic nitrogens is 4. The summed E-state index contributed by atoms with van der Waals surface area (Å²) in [6.07, 6.45) is 9.71. The fourth-order valence-corrected chi connectivity index (χ4v) is 4.88. The maximum Gasteiger partial charge on any atom is 0.265 e. The van der Waals surface area contributed by atoms with Crippen LogP contribution < -0.4 is 16.2 Å². The van der Waals surface area contributed by atoms with Crippen LogP contribution in [0, 0.1) is 5.92 Å². The lowest BCUT2D eigenvalue weighted by molar-refractivity contribution is 0.0910. The van der Waals surface area contributed by atoms with E-state index in [1.54, 1.807) is 42.7 Å². The summed E-state index contributed by atoms with van der Waals surface area (Å²) in [4.78, 5) is 42.2. The quantitative estimate of drug-likeness (QED) is 0.457. The highest BCUT2D eigenvalue weighted by Gasteiger charge is 2.28. The molecule has 176 valence electrons. The highest BCUT2D eigenvalue weighted by molar-refractivity contribution is 7.65. The Labute approximate surface area is 198 Å². The molecule has 0 saturated heterocycles. The molecular formula is C22H28N5O4PS. The van der Waals surface area contributed by atoms with Crippen LogP contribution in [0.1, 0.15) is 54.1 Å². The monoisotopic (exact) mass is 489 g/mol. The van der Waals surface area contributed by atoms with Crippen molar-refractivity contribution in [3.05, 3.63) is 70.4 Å². The van der Waals surface area contributed by atoms with Gasteiger partial charge in [0.25, 0.3) is 11.5 Å². The van der Waals surface area contributed by atoms with E-state index in [2.05, 4.69) is 20.4 Å². The number of hydrogen-bond donors (Lipinski definition) is 3. The third-order valence-electron chi connectivity index (χ3n) is 5.89. The minimum atomic E-state index is -3.36. The highest BCUT2D eigenvalue weighted by atomic mass is 32.1. The molecule has 3 N–H and O–H groups in total. The second kappa shape index (κ2) is 10.5. The molecule has 1 aliphatic carbocycles. The molecule has 1 aliphatic rings. The molecule has 0 spiro atoms. The first-order chi connectivity index (χ1) is 15.3. The summed E-state index contributed by atoms with van der Waals surface area (Å²) in [6, 6.07) is 8.22. The maximum atomic E-state index is 13.0. The van der Waals surface area contributed by atoms with E-state index in [1.807, 2.05) is 0 Å². The molecular weight excluding hydrogens is 461 g/mol. The van der Waals surface area contributed by atoms with Gasteiger partial charge in [-0.15, -0.1) is 0 Å². The molecule has 1 fully saturated rings. The van der Waals surface area contributed by atoms with Crippen LogP contribution in [-0.4, -0.2) is 37.2 Å². The number of amides is 1. The first-order valence-corrected chi connectivity index (χ1v) is 12.7. The predicted molar refractivity (Wildman–Crippen MR) is 131 cm³/mol. The van der Waals surface area contributed by atoms with Gasteiger partial charge in [-0.1, -0.05) is 31.4 Å². The van der Waals surface area contributed by atoms with Crippen molar-refractivity contribution in [3.8, 4) is 5.95 Å². The summed E-state index contributed by atoms with van der Waals surface area (Å²) >= 11 is 0. The summed E-state index contributed by atoms with van der Waals surface area (Å²) in [5.74, 6) is -0.0609. The molecule has 9 nitrogen and oxygen atoms in total. The van der Waals surface area contributed by atoms with Crippen LogP contribution in [0.15, 0.2) is 53.7 Å². The largest absolute Gasteiger partial charge is 0.345 e. The smallest absolute Gasteiger partial charge is 0.265 e. The number of hydrogen-bond acceptors (Lipinski definition) is 5.